The molecule has 2 amide bonds. The zero-order chi connectivity index (χ0) is 28.3. The number of aryl methyl sites for hydroxylation is 2. The standard InChI is InChI=1S/C29H34N2O8/c1-3-20-36-26(32)16-10-22-6-12-24(13-7-22)38-28(34)30-18-5-19-31-29(35)39-25-14-8-23(9-15-25)11-17-27(33)37-21-4-2/h3-4,6-9,12-15H,1-2,5,10-11,16-21H2,(H,30,34)(H,31,35). The summed E-state index contributed by atoms with van der Waals surface area (Å²) in [4.78, 5) is 47.0. The maximum absolute atomic E-state index is 12.0. The van der Waals surface area contributed by atoms with E-state index in [4.69, 9.17) is 18.9 Å². The van der Waals surface area contributed by atoms with Gasteiger partial charge in [0.25, 0.3) is 0 Å². The summed E-state index contributed by atoms with van der Waals surface area (Å²) in [5.41, 5.74) is 1.82. The molecule has 0 fully saturated rings. The van der Waals surface area contributed by atoms with E-state index < -0.39 is 12.2 Å². The van der Waals surface area contributed by atoms with E-state index in [1.807, 2.05) is 0 Å². The lowest BCUT2D eigenvalue weighted by atomic mass is 10.1. The van der Waals surface area contributed by atoms with E-state index in [1.54, 1.807) is 48.5 Å². The Morgan fingerprint density at radius 1 is 0.641 bits per heavy atom. The fourth-order valence-electron chi connectivity index (χ4n) is 3.14. The maximum Gasteiger partial charge on any atom is 0.412 e. The first kappa shape index (κ1) is 30.6. The van der Waals surface area contributed by atoms with E-state index in [0.29, 0.717) is 30.8 Å². The number of hydrogen-bond donors (Lipinski definition) is 2. The number of benzene rings is 2. The smallest absolute Gasteiger partial charge is 0.412 e. The van der Waals surface area contributed by atoms with Gasteiger partial charge in [-0.25, -0.2) is 9.59 Å². The molecule has 2 rings (SSSR count). The van der Waals surface area contributed by atoms with E-state index in [1.165, 1.54) is 12.2 Å². The van der Waals surface area contributed by atoms with Gasteiger partial charge in [0.2, 0.25) is 0 Å². The Hall–Kier alpha value is -4.60. The van der Waals surface area contributed by atoms with Gasteiger partial charge < -0.3 is 29.6 Å². The number of rotatable bonds is 16. The second-order valence-corrected chi connectivity index (χ2v) is 8.22. The normalized spacial score (nSPS) is 10.1. The zero-order valence-electron chi connectivity index (χ0n) is 21.8. The van der Waals surface area contributed by atoms with E-state index in [2.05, 4.69) is 23.8 Å². The molecule has 0 atom stereocenters. The van der Waals surface area contributed by atoms with Gasteiger partial charge in [-0.3, -0.25) is 9.59 Å². The molecule has 10 heteroatoms. The number of hydrogen-bond acceptors (Lipinski definition) is 8. The van der Waals surface area contributed by atoms with Gasteiger partial charge in [0.05, 0.1) is 0 Å². The van der Waals surface area contributed by atoms with Crippen LogP contribution in [-0.4, -0.2) is 50.4 Å². The maximum atomic E-state index is 12.0. The first-order chi connectivity index (χ1) is 18.9. The number of esters is 2. The van der Waals surface area contributed by atoms with Gasteiger partial charge in [-0.1, -0.05) is 49.6 Å². The molecule has 0 aliphatic rings. The van der Waals surface area contributed by atoms with Crippen molar-refractivity contribution in [2.24, 2.45) is 0 Å². The monoisotopic (exact) mass is 538 g/mol. The Balaban J connectivity index is 1.57. The van der Waals surface area contributed by atoms with Gasteiger partial charge in [0, 0.05) is 25.9 Å². The molecule has 208 valence electrons. The first-order valence-corrected chi connectivity index (χ1v) is 12.5. The van der Waals surface area contributed by atoms with Crippen LogP contribution in [0.15, 0.2) is 73.8 Å². The molecule has 0 bridgehead atoms. The Kier molecular flexibility index (Phi) is 14.0. The summed E-state index contributed by atoms with van der Waals surface area (Å²) in [7, 11) is 0. The average molecular weight is 539 g/mol. The third kappa shape index (κ3) is 13.5. The molecule has 0 spiro atoms. The van der Waals surface area contributed by atoms with Crippen LogP contribution >= 0.6 is 0 Å². The van der Waals surface area contributed by atoms with Gasteiger partial charge in [-0.05, 0) is 54.7 Å². The van der Waals surface area contributed by atoms with Crippen LogP contribution in [0.5, 0.6) is 11.5 Å². The molecule has 2 aromatic carbocycles. The molecule has 2 aromatic rings. The van der Waals surface area contributed by atoms with Crippen LogP contribution in [0.2, 0.25) is 0 Å². The number of carbonyl (C=O) groups is 4. The van der Waals surface area contributed by atoms with Gasteiger partial charge in [-0.15, -0.1) is 0 Å². The molecule has 0 aromatic heterocycles. The highest BCUT2D eigenvalue weighted by Gasteiger charge is 2.08. The van der Waals surface area contributed by atoms with Crippen molar-refractivity contribution in [3.63, 3.8) is 0 Å². The molecule has 0 radical (unpaired) electrons. The largest absolute Gasteiger partial charge is 0.461 e. The summed E-state index contributed by atoms with van der Waals surface area (Å²) in [6.07, 6.45) is 3.77. The molecule has 0 saturated carbocycles. The Bertz CT molecular complexity index is 1010. The van der Waals surface area contributed by atoms with Gasteiger partial charge in [0.15, 0.2) is 0 Å². The van der Waals surface area contributed by atoms with Crippen LogP contribution in [0.4, 0.5) is 9.59 Å². The molecular formula is C29H34N2O8. The summed E-state index contributed by atoms with van der Waals surface area (Å²) >= 11 is 0. The topological polar surface area (TPSA) is 129 Å². The van der Waals surface area contributed by atoms with Crippen molar-refractivity contribution >= 4 is 24.1 Å². The average Bonchev–Trinajstić information content (AvgIpc) is 2.94. The van der Waals surface area contributed by atoms with Crippen molar-refractivity contribution < 1.29 is 38.1 Å². The second-order valence-electron chi connectivity index (χ2n) is 8.22. The van der Waals surface area contributed by atoms with Gasteiger partial charge in [-0.2, -0.15) is 0 Å². The molecular weight excluding hydrogens is 504 g/mol. The lowest BCUT2D eigenvalue weighted by molar-refractivity contribution is -0.143. The highest BCUT2D eigenvalue weighted by atomic mass is 16.6. The van der Waals surface area contributed by atoms with Crippen molar-refractivity contribution in [1.29, 1.82) is 0 Å². The van der Waals surface area contributed by atoms with Crippen LogP contribution in [-0.2, 0) is 31.9 Å². The molecule has 0 aliphatic carbocycles. The summed E-state index contributed by atoms with van der Waals surface area (Å²) in [6.45, 7) is 7.93. The van der Waals surface area contributed by atoms with Crippen LogP contribution in [0.1, 0.15) is 30.4 Å². The van der Waals surface area contributed by atoms with Crippen LogP contribution < -0.4 is 20.1 Å². The van der Waals surface area contributed by atoms with Crippen LogP contribution in [0.25, 0.3) is 0 Å². The summed E-state index contributed by atoms with van der Waals surface area (Å²) in [6, 6.07) is 13.7. The van der Waals surface area contributed by atoms with E-state index >= 15 is 0 Å². The number of ether oxygens (including phenoxy) is 4. The highest BCUT2D eigenvalue weighted by molar-refractivity contribution is 5.71. The molecule has 2 N–H and O–H groups in total. The fraction of sp³-hybridized carbons (Fsp3) is 0.310. The third-order valence-corrected chi connectivity index (χ3v) is 5.12. The van der Waals surface area contributed by atoms with Crippen molar-refractivity contribution in [2.75, 3.05) is 26.3 Å². The summed E-state index contributed by atoms with van der Waals surface area (Å²) < 4.78 is 20.3. The number of carbonyl (C=O) groups excluding carboxylic acids is 4. The second kappa shape index (κ2) is 17.8. The van der Waals surface area contributed by atoms with E-state index in [-0.39, 0.29) is 51.1 Å². The van der Waals surface area contributed by atoms with Crippen molar-refractivity contribution in [3.05, 3.63) is 85.0 Å². The molecule has 0 unspecified atom stereocenters. The molecule has 0 saturated heterocycles. The van der Waals surface area contributed by atoms with Crippen LogP contribution in [0.3, 0.4) is 0 Å². The Morgan fingerprint density at radius 3 is 1.38 bits per heavy atom. The minimum atomic E-state index is -0.618. The Labute approximate surface area is 228 Å². The predicted molar refractivity (Wildman–Crippen MR) is 145 cm³/mol. The summed E-state index contributed by atoms with van der Waals surface area (Å²) in [5.74, 6) is 0.128. The minimum Gasteiger partial charge on any atom is -0.461 e. The highest BCUT2D eigenvalue weighted by Crippen LogP contribution is 2.15. The lowest BCUT2D eigenvalue weighted by Gasteiger charge is -2.09. The van der Waals surface area contributed by atoms with Gasteiger partial charge in [0.1, 0.15) is 24.7 Å². The number of amides is 2. The van der Waals surface area contributed by atoms with Crippen molar-refractivity contribution in [3.8, 4) is 11.5 Å². The SMILES string of the molecule is C=CCOC(=O)CCc1ccc(OC(=O)NCCCNC(=O)Oc2ccc(CCC(=O)OCC=C)cc2)cc1. The fourth-order valence-corrected chi connectivity index (χ4v) is 3.14. The molecule has 0 heterocycles. The first-order valence-electron chi connectivity index (χ1n) is 12.5. The van der Waals surface area contributed by atoms with E-state index in [0.717, 1.165) is 11.1 Å². The van der Waals surface area contributed by atoms with Gasteiger partial charge >= 0.3 is 24.1 Å². The van der Waals surface area contributed by atoms with Crippen LogP contribution in [0, 0.1) is 0 Å². The Morgan fingerprint density at radius 2 is 1.03 bits per heavy atom. The molecule has 10 nitrogen and oxygen atoms in total. The quantitative estimate of drug-likeness (QED) is 0.184. The van der Waals surface area contributed by atoms with E-state index in [9.17, 15) is 19.2 Å². The summed E-state index contributed by atoms with van der Waals surface area (Å²) in [5, 5.41) is 5.21. The molecule has 0 aliphatic heterocycles. The molecule has 39 heavy (non-hydrogen) atoms. The minimum absolute atomic E-state index is 0.190. The zero-order valence-corrected chi connectivity index (χ0v) is 21.8. The lowest BCUT2D eigenvalue weighted by Crippen LogP contribution is -2.32. The van der Waals surface area contributed by atoms with Crippen molar-refractivity contribution in [2.45, 2.75) is 32.1 Å². The number of nitrogens with one attached hydrogen (secondary N) is 2. The third-order valence-electron chi connectivity index (χ3n) is 5.12. The predicted octanol–water partition coefficient (Wildman–Crippen LogP) is 4.28. The van der Waals surface area contributed by atoms with Crippen molar-refractivity contribution in [1.82, 2.24) is 10.6 Å².